The maximum absolute atomic E-state index is 13.0. The van der Waals surface area contributed by atoms with Crippen LogP contribution in [0.25, 0.3) is 0 Å². The van der Waals surface area contributed by atoms with Gasteiger partial charge in [0.2, 0.25) is 0 Å². The van der Waals surface area contributed by atoms with Gasteiger partial charge in [0.1, 0.15) is 5.82 Å². The van der Waals surface area contributed by atoms with Gasteiger partial charge in [0.15, 0.2) is 0 Å². The van der Waals surface area contributed by atoms with Gasteiger partial charge in [-0.3, -0.25) is 9.59 Å². The van der Waals surface area contributed by atoms with Gasteiger partial charge in [0.05, 0.1) is 0 Å². The molecule has 0 aliphatic heterocycles. The number of hydrogen-bond donors (Lipinski definition) is 3. The molecule has 0 aliphatic rings. The Balaban J connectivity index is 1.67. The first-order valence-electron chi connectivity index (χ1n) is 9.20. The Bertz CT molecular complexity index is 1020. The number of carbonyl (C=O) groups excluding carboxylic acids is 2. The third-order valence-electron chi connectivity index (χ3n) is 4.57. The maximum atomic E-state index is 13.0. The monoisotopic (exact) mass is 391 g/mol. The Kier molecular flexibility index (Phi) is 6.36. The molecule has 4 N–H and O–H groups in total. The summed E-state index contributed by atoms with van der Waals surface area (Å²) in [4.78, 5) is 24.9. The van der Waals surface area contributed by atoms with E-state index >= 15 is 0 Å². The fourth-order valence-corrected chi connectivity index (χ4v) is 2.77. The minimum atomic E-state index is -0.408. The second-order valence-electron chi connectivity index (χ2n) is 6.69. The van der Waals surface area contributed by atoms with Gasteiger partial charge >= 0.3 is 0 Å². The van der Waals surface area contributed by atoms with Gasteiger partial charge in [0, 0.05) is 29.9 Å². The molecule has 0 atom stereocenters. The number of aryl methyl sites for hydroxylation is 1. The number of hydrogen-bond acceptors (Lipinski definition) is 3. The molecule has 3 rings (SSSR count). The first kappa shape index (κ1) is 20.2. The van der Waals surface area contributed by atoms with Crippen LogP contribution in [0.2, 0.25) is 0 Å². The summed E-state index contributed by atoms with van der Waals surface area (Å²) in [6, 6.07) is 18.1. The molecule has 3 aromatic carbocycles. The Morgan fingerprint density at radius 3 is 2.14 bits per heavy atom. The zero-order valence-corrected chi connectivity index (χ0v) is 16.0. The van der Waals surface area contributed by atoms with E-state index in [4.69, 9.17) is 5.73 Å². The highest BCUT2D eigenvalue weighted by atomic mass is 19.1. The Hall–Kier alpha value is -3.51. The van der Waals surface area contributed by atoms with Crippen molar-refractivity contribution in [1.29, 1.82) is 0 Å². The molecule has 6 heteroatoms. The maximum Gasteiger partial charge on any atom is 0.255 e. The van der Waals surface area contributed by atoms with Crippen molar-refractivity contribution >= 4 is 17.5 Å². The summed E-state index contributed by atoms with van der Waals surface area (Å²) in [6.45, 7) is 2.69. The van der Waals surface area contributed by atoms with Gasteiger partial charge < -0.3 is 16.4 Å². The second-order valence-corrected chi connectivity index (χ2v) is 6.69. The van der Waals surface area contributed by atoms with Crippen LogP contribution in [0, 0.1) is 12.7 Å². The lowest BCUT2D eigenvalue weighted by molar-refractivity contribution is 0.0949. The number of amides is 2. The van der Waals surface area contributed by atoms with Gasteiger partial charge in [-0.2, -0.15) is 0 Å². The van der Waals surface area contributed by atoms with Gasteiger partial charge in [-0.1, -0.05) is 30.3 Å². The van der Waals surface area contributed by atoms with Crippen LogP contribution < -0.4 is 16.4 Å². The number of anilines is 1. The van der Waals surface area contributed by atoms with Crippen molar-refractivity contribution in [2.45, 2.75) is 20.0 Å². The first-order chi connectivity index (χ1) is 14.0. The smallest absolute Gasteiger partial charge is 0.255 e. The van der Waals surface area contributed by atoms with Gasteiger partial charge in [-0.15, -0.1) is 0 Å². The number of rotatable bonds is 6. The lowest BCUT2D eigenvalue weighted by atomic mass is 10.1. The summed E-state index contributed by atoms with van der Waals surface area (Å²) in [5.74, 6) is -1.02. The van der Waals surface area contributed by atoms with Crippen LogP contribution in [-0.4, -0.2) is 11.8 Å². The minimum Gasteiger partial charge on any atom is -0.348 e. The Morgan fingerprint density at radius 1 is 0.862 bits per heavy atom. The molecule has 0 saturated heterocycles. The highest BCUT2D eigenvalue weighted by Crippen LogP contribution is 2.18. The van der Waals surface area contributed by atoms with E-state index in [-0.39, 0.29) is 11.8 Å². The molecule has 0 aliphatic carbocycles. The van der Waals surface area contributed by atoms with Crippen LogP contribution in [0.3, 0.4) is 0 Å². The molecule has 0 bridgehead atoms. The second kappa shape index (κ2) is 9.12. The average Bonchev–Trinajstić information content (AvgIpc) is 2.74. The highest BCUT2D eigenvalue weighted by Gasteiger charge is 2.12. The van der Waals surface area contributed by atoms with Crippen LogP contribution in [0.1, 0.15) is 37.4 Å². The Morgan fingerprint density at radius 2 is 1.48 bits per heavy atom. The topological polar surface area (TPSA) is 84.2 Å². The molecule has 5 nitrogen and oxygen atoms in total. The quantitative estimate of drug-likeness (QED) is 0.598. The molecule has 0 heterocycles. The molecule has 3 aromatic rings. The van der Waals surface area contributed by atoms with Gasteiger partial charge in [-0.05, 0) is 60.0 Å². The van der Waals surface area contributed by atoms with Crippen molar-refractivity contribution < 1.29 is 14.0 Å². The van der Waals surface area contributed by atoms with E-state index in [9.17, 15) is 14.0 Å². The van der Waals surface area contributed by atoms with Crippen LogP contribution in [0.4, 0.5) is 10.1 Å². The number of benzene rings is 3. The molecule has 0 fully saturated rings. The zero-order chi connectivity index (χ0) is 20.8. The SMILES string of the molecule is Cc1ccc(C(=O)NCc2ccc(CN)cc2)cc1NC(=O)c1ccc(F)cc1. The predicted molar refractivity (Wildman–Crippen MR) is 111 cm³/mol. The summed E-state index contributed by atoms with van der Waals surface area (Å²) in [5, 5.41) is 5.64. The molecule has 0 saturated carbocycles. The van der Waals surface area contributed by atoms with Crippen molar-refractivity contribution in [2.24, 2.45) is 5.73 Å². The van der Waals surface area contributed by atoms with E-state index in [0.29, 0.717) is 29.9 Å². The summed E-state index contributed by atoms with van der Waals surface area (Å²) in [7, 11) is 0. The van der Waals surface area contributed by atoms with Crippen molar-refractivity contribution in [3.63, 3.8) is 0 Å². The largest absolute Gasteiger partial charge is 0.348 e. The molecule has 0 radical (unpaired) electrons. The molecule has 148 valence electrons. The van der Waals surface area contributed by atoms with Crippen LogP contribution in [0.5, 0.6) is 0 Å². The normalized spacial score (nSPS) is 10.4. The molecule has 29 heavy (non-hydrogen) atoms. The molecule has 0 spiro atoms. The third-order valence-corrected chi connectivity index (χ3v) is 4.57. The standard InChI is InChI=1S/C23H22FN3O2/c1-15-2-7-19(22(28)26-14-17-5-3-16(13-25)4-6-17)12-21(15)27-23(29)18-8-10-20(24)11-9-18/h2-12H,13-14,25H2,1H3,(H,26,28)(H,27,29). The Labute approximate surface area is 168 Å². The van der Waals surface area contributed by atoms with Gasteiger partial charge in [0.25, 0.3) is 11.8 Å². The van der Waals surface area contributed by atoms with Crippen LogP contribution in [-0.2, 0) is 13.1 Å². The predicted octanol–water partition coefficient (Wildman–Crippen LogP) is 3.78. The first-order valence-corrected chi connectivity index (χ1v) is 9.20. The fraction of sp³-hybridized carbons (Fsp3) is 0.130. The fourth-order valence-electron chi connectivity index (χ4n) is 2.77. The van der Waals surface area contributed by atoms with E-state index in [2.05, 4.69) is 10.6 Å². The molecule has 0 aromatic heterocycles. The van der Waals surface area contributed by atoms with E-state index in [1.54, 1.807) is 18.2 Å². The van der Waals surface area contributed by atoms with Gasteiger partial charge in [-0.25, -0.2) is 4.39 Å². The summed E-state index contributed by atoms with van der Waals surface area (Å²) >= 11 is 0. The van der Waals surface area contributed by atoms with Crippen molar-refractivity contribution in [2.75, 3.05) is 5.32 Å². The van der Waals surface area contributed by atoms with Crippen molar-refractivity contribution in [3.05, 3.63) is 100 Å². The molecular weight excluding hydrogens is 369 g/mol. The summed E-state index contributed by atoms with van der Waals surface area (Å²) < 4.78 is 13.0. The lowest BCUT2D eigenvalue weighted by Gasteiger charge is -2.11. The molecule has 0 unspecified atom stereocenters. The highest BCUT2D eigenvalue weighted by molar-refractivity contribution is 6.05. The van der Waals surface area contributed by atoms with Crippen LogP contribution in [0.15, 0.2) is 66.7 Å². The van der Waals surface area contributed by atoms with E-state index in [1.165, 1.54) is 24.3 Å². The van der Waals surface area contributed by atoms with E-state index in [0.717, 1.165) is 16.7 Å². The number of nitrogens with one attached hydrogen (secondary N) is 2. The van der Waals surface area contributed by atoms with Crippen molar-refractivity contribution in [3.8, 4) is 0 Å². The van der Waals surface area contributed by atoms with E-state index in [1.807, 2.05) is 31.2 Å². The summed E-state index contributed by atoms with van der Waals surface area (Å²) in [5.41, 5.74) is 9.69. The minimum absolute atomic E-state index is 0.245. The number of carbonyl (C=O) groups is 2. The summed E-state index contributed by atoms with van der Waals surface area (Å²) in [6.07, 6.45) is 0. The molecular formula is C23H22FN3O2. The van der Waals surface area contributed by atoms with Crippen LogP contribution >= 0.6 is 0 Å². The zero-order valence-electron chi connectivity index (χ0n) is 16.0. The lowest BCUT2D eigenvalue weighted by Crippen LogP contribution is -2.23. The number of nitrogens with two attached hydrogens (primary N) is 1. The van der Waals surface area contributed by atoms with Crippen molar-refractivity contribution in [1.82, 2.24) is 5.32 Å². The van der Waals surface area contributed by atoms with E-state index < -0.39 is 5.82 Å². The average molecular weight is 391 g/mol. The third kappa shape index (κ3) is 5.27. The number of halogens is 1. The molecule has 2 amide bonds.